The van der Waals surface area contributed by atoms with Crippen molar-refractivity contribution in [2.45, 2.75) is 13.0 Å². The lowest BCUT2D eigenvalue weighted by Gasteiger charge is -2.26. The van der Waals surface area contributed by atoms with E-state index < -0.39 is 0 Å². The maximum absolute atomic E-state index is 12.3. The summed E-state index contributed by atoms with van der Waals surface area (Å²) in [5.74, 6) is -0.261. The first kappa shape index (κ1) is 11.2. The second-order valence-electron chi connectivity index (χ2n) is 4.22. The summed E-state index contributed by atoms with van der Waals surface area (Å²) in [4.78, 5) is 19.3. The summed E-state index contributed by atoms with van der Waals surface area (Å²) in [6.07, 6.45) is 2.40. The average Bonchev–Trinajstić information content (AvgIpc) is 2.85. The highest BCUT2D eigenvalue weighted by Crippen LogP contribution is 2.26. The molecule has 2 aromatic heterocycles. The molecule has 0 spiro atoms. The summed E-state index contributed by atoms with van der Waals surface area (Å²) in [5, 5.41) is 11.7. The molecule has 1 aliphatic rings. The third-order valence-electron chi connectivity index (χ3n) is 3.08. The molecule has 4 nitrogen and oxygen atoms in total. The minimum absolute atomic E-state index is 0.0568. The molecule has 1 aliphatic heterocycles. The number of hydrogen-bond acceptors (Lipinski definition) is 4. The number of carbonyl (C=O) groups excluding carboxylic acids is 1. The molecular weight excluding hydrogens is 248 g/mol. The Bertz CT molecular complexity index is 594. The van der Waals surface area contributed by atoms with Gasteiger partial charge < -0.3 is 10.0 Å². The number of fused-ring (bicyclic) bond motifs is 1. The number of nitrogens with zero attached hydrogens (tertiary/aromatic N) is 2. The van der Waals surface area contributed by atoms with Gasteiger partial charge in [0.1, 0.15) is 5.75 Å². The van der Waals surface area contributed by atoms with Gasteiger partial charge in [-0.3, -0.25) is 4.79 Å². The number of rotatable bonds is 1. The molecule has 0 atom stereocenters. The maximum atomic E-state index is 12.3. The number of hydrogen-bond donors (Lipinski definition) is 1. The zero-order valence-corrected chi connectivity index (χ0v) is 10.5. The molecule has 0 saturated heterocycles. The van der Waals surface area contributed by atoms with Crippen LogP contribution in [0.15, 0.2) is 29.8 Å². The van der Waals surface area contributed by atoms with Gasteiger partial charge in [-0.05, 0) is 35.6 Å². The zero-order chi connectivity index (χ0) is 12.5. The minimum atomic E-state index is -0.204. The molecule has 92 valence electrons. The Morgan fingerprint density at radius 1 is 1.44 bits per heavy atom. The van der Waals surface area contributed by atoms with Crippen molar-refractivity contribution in [2.24, 2.45) is 0 Å². The first-order valence-corrected chi connectivity index (χ1v) is 6.62. The van der Waals surface area contributed by atoms with E-state index in [-0.39, 0.29) is 17.4 Å². The number of amides is 1. The van der Waals surface area contributed by atoms with Crippen LogP contribution in [-0.4, -0.2) is 27.4 Å². The van der Waals surface area contributed by atoms with Crippen molar-refractivity contribution in [3.8, 4) is 5.75 Å². The molecule has 1 N–H and O–H groups in total. The summed E-state index contributed by atoms with van der Waals surface area (Å²) in [7, 11) is 0. The van der Waals surface area contributed by atoms with Crippen LogP contribution in [0.25, 0.3) is 0 Å². The highest BCUT2D eigenvalue weighted by Gasteiger charge is 2.24. The lowest BCUT2D eigenvalue weighted by atomic mass is 10.1. The molecule has 0 saturated carbocycles. The lowest BCUT2D eigenvalue weighted by molar-refractivity contribution is 0.0726. The van der Waals surface area contributed by atoms with Crippen LogP contribution in [0, 0.1) is 0 Å². The molecule has 1 amide bonds. The normalized spacial score (nSPS) is 14.3. The van der Waals surface area contributed by atoms with Crippen LogP contribution in [0.4, 0.5) is 0 Å². The lowest BCUT2D eigenvalue weighted by Crippen LogP contribution is -2.35. The van der Waals surface area contributed by atoms with Crippen LogP contribution in [0.2, 0.25) is 0 Å². The van der Waals surface area contributed by atoms with Gasteiger partial charge in [0.25, 0.3) is 5.91 Å². The number of carbonyl (C=O) groups is 1. The topological polar surface area (TPSA) is 53.4 Å². The van der Waals surface area contributed by atoms with Crippen molar-refractivity contribution < 1.29 is 9.90 Å². The van der Waals surface area contributed by atoms with E-state index in [0.29, 0.717) is 13.1 Å². The number of pyridine rings is 1. The fourth-order valence-corrected chi connectivity index (χ4v) is 3.02. The third-order valence-corrected chi connectivity index (χ3v) is 4.11. The summed E-state index contributed by atoms with van der Waals surface area (Å²) < 4.78 is 0. The van der Waals surface area contributed by atoms with Crippen LogP contribution in [0.3, 0.4) is 0 Å². The van der Waals surface area contributed by atoms with Gasteiger partial charge in [-0.2, -0.15) is 0 Å². The number of thiophene rings is 1. The van der Waals surface area contributed by atoms with E-state index in [9.17, 15) is 9.90 Å². The smallest absolute Gasteiger partial charge is 0.276 e. The summed E-state index contributed by atoms with van der Waals surface area (Å²) in [5.41, 5.74) is 1.34. The molecule has 0 aromatic carbocycles. The van der Waals surface area contributed by atoms with Crippen LogP contribution in [0.1, 0.15) is 20.9 Å². The van der Waals surface area contributed by atoms with Gasteiger partial charge in [-0.25, -0.2) is 4.98 Å². The number of aromatic hydroxyl groups is 1. The SMILES string of the molecule is O=C(c1ncccc1O)N1CCc2sccc2C1. The Hall–Kier alpha value is -1.88. The third kappa shape index (κ3) is 1.86. The summed E-state index contributed by atoms with van der Waals surface area (Å²) in [6.45, 7) is 1.29. The Labute approximate surface area is 109 Å². The Morgan fingerprint density at radius 3 is 3.17 bits per heavy atom. The average molecular weight is 260 g/mol. The molecule has 0 radical (unpaired) electrons. The molecule has 0 bridgehead atoms. The molecule has 18 heavy (non-hydrogen) atoms. The summed E-state index contributed by atoms with van der Waals surface area (Å²) in [6, 6.07) is 5.15. The van der Waals surface area contributed by atoms with Crippen molar-refractivity contribution in [1.82, 2.24) is 9.88 Å². The van der Waals surface area contributed by atoms with Crippen molar-refractivity contribution in [3.63, 3.8) is 0 Å². The van der Waals surface area contributed by atoms with Gasteiger partial charge >= 0.3 is 0 Å². The van der Waals surface area contributed by atoms with E-state index in [0.717, 1.165) is 6.42 Å². The molecular formula is C13H12N2O2S. The fourth-order valence-electron chi connectivity index (χ4n) is 2.13. The van der Waals surface area contributed by atoms with Gasteiger partial charge in [-0.1, -0.05) is 0 Å². The fraction of sp³-hybridized carbons (Fsp3) is 0.231. The summed E-state index contributed by atoms with van der Waals surface area (Å²) >= 11 is 1.74. The highest BCUT2D eigenvalue weighted by atomic mass is 32.1. The van der Waals surface area contributed by atoms with Crippen LogP contribution in [-0.2, 0) is 13.0 Å². The zero-order valence-electron chi connectivity index (χ0n) is 9.67. The first-order valence-electron chi connectivity index (χ1n) is 5.74. The van der Waals surface area contributed by atoms with E-state index in [1.54, 1.807) is 22.3 Å². The molecule has 3 heterocycles. The van der Waals surface area contributed by atoms with Gasteiger partial charge in [-0.15, -0.1) is 11.3 Å². The molecule has 0 aliphatic carbocycles. The highest BCUT2D eigenvalue weighted by molar-refractivity contribution is 7.10. The first-order chi connectivity index (χ1) is 8.75. The molecule has 0 unspecified atom stereocenters. The Kier molecular flexibility index (Phi) is 2.76. The van der Waals surface area contributed by atoms with Crippen molar-refractivity contribution >= 4 is 17.2 Å². The van der Waals surface area contributed by atoms with Crippen molar-refractivity contribution in [2.75, 3.05) is 6.54 Å². The minimum Gasteiger partial charge on any atom is -0.505 e. The standard InChI is InChI=1S/C13H12N2O2S/c16-10-2-1-5-14-12(10)13(17)15-6-3-11-9(8-15)4-7-18-11/h1-2,4-5,7,16H,3,6,8H2. The monoisotopic (exact) mass is 260 g/mol. The van der Waals surface area contributed by atoms with E-state index in [4.69, 9.17) is 0 Å². The maximum Gasteiger partial charge on any atom is 0.276 e. The van der Waals surface area contributed by atoms with E-state index >= 15 is 0 Å². The van der Waals surface area contributed by atoms with Gasteiger partial charge in [0.05, 0.1) is 0 Å². The van der Waals surface area contributed by atoms with Gasteiger partial charge in [0.15, 0.2) is 5.69 Å². The van der Waals surface area contributed by atoms with E-state index in [2.05, 4.69) is 16.4 Å². The van der Waals surface area contributed by atoms with E-state index in [1.807, 2.05) is 0 Å². The van der Waals surface area contributed by atoms with Gasteiger partial charge in [0.2, 0.25) is 0 Å². The van der Waals surface area contributed by atoms with Crippen molar-refractivity contribution in [1.29, 1.82) is 0 Å². The molecule has 2 aromatic rings. The Morgan fingerprint density at radius 2 is 2.33 bits per heavy atom. The second kappa shape index (κ2) is 4.42. The number of aromatic nitrogens is 1. The quantitative estimate of drug-likeness (QED) is 0.853. The van der Waals surface area contributed by atoms with E-state index in [1.165, 1.54) is 22.7 Å². The van der Waals surface area contributed by atoms with Crippen molar-refractivity contribution in [3.05, 3.63) is 45.9 Å². The largest absolute Gasteiger partial charge is 0.505 e. The molecule has 0 fully saturated rings. The van der Waals surface area contributed by atoms with Crippen LogP contribution >= 0.6 is 11.3 Å². The van der Waals surface area contributed by atoms with Crippen LogP contribution < -0.4 is 0 Å². The van der Waals surface area contributed by atoms with Crippen LogP contribution in [0.5, 0.6) is 5.75 Å². The molecule has 3 rings (SSSR count). The van der Waals surface area contributed by atoms with Gasteiger partial charge in [0, 0.05) is 24.2 Å². The molecule has 5 heteroatoms. The predicted molar refractivity (Wildman–Crippen MR) is 68.7 cm³/mol. The second-order valence-corrected chi connectivity index (χ2v) is 5.22. The predicted octanol–water partition coefficient (Wildman–Crippen LogP) is 2.05. The Balaban J connectivity index is 1.85.